The Morgan fingerprint density at radius 3 is 2.73 bits per heavy atom. The molecule has 0 saturated heterocycles. The van der Waals surface area contributed by atoms with Gasteiger partial charge in [-0.25, -0.2) is 4.39 Å². The Morgan fingerprint density at radius 1 is 1.47 bits per heavy atom. The second kappa shape index (κ2) is 6.31. The monoisotopic (exact) mass is 249 g/mol. The van der Waals surface area contributed by atoms with Crippen LogP contribution in [0.3, 0.4) is 0 Å². The zero-order chi connectivity index (χ0) is 11.3. The van der Waals surface area contributed by atoms with Crippen molar-refractivity contribution in [2.24, 2.45) is 0 Å². The molecule has 0 spiro atoms. The lowest BCUT2D eigenvalue weighted by atomic mass is 10.2. The largest absolute Gasteiger partial charge is 0.309 e. The summed E-state index contributed by atoms with van der Waals surface area (Å²) in [5.41, 5.74) is 0.614. The molecule has 4 heteroatoms. The predicted octanol–water partition coefficient (Wildman–Crippen LogP) is 3.59. The van der Waals surface area contributed by atoms with Crippen molar-refractivity contribution in [1.29, 1.82) is 0 Å². The average molecular weight is 250 g/mol. The van der Waals surface area contributed by atoms with Gasteiger partial charge in [0.25, 0.3) is 0 Å². The molecule has 1 aromatic carbocycles. The van der Waals surface area contributed by atoms with E-state index in [-0.39, 0.29) is 11.9 Å². The van der Waals surface area contributed by atoms with E-state index in [1.54, 1.807) is 12.1 Å². The van der Waals surface area contributed by atoms with Crippen molar-refractivity contribution < 1.29 is 4.39 Å². The third-order valence-electron chi connectivity index (χ3n) is 2.28. The summed E-state index contributed by atoms with van der Waals surface area (Å²) in [5.74, 6) is 0.255. The second-order valence-electron chi connectivity index (χ2n) is 3.38. The normalized spacial score (nSPS) is 12.8. The Morgan fingerprint density at radius 2 is 2.20 bits per heavy atom. The molecule has 1 nitrogen and oxygen atoms in total. The fourth-order valence-electron chi connectivity index (χ4n) is 1.23. The highest BCUT2D eigenvalue weighted by Gasteiger charge is 2.06. The molecule has 15 heavy (non-hydrogen) atoms. The lowest BCUT2D eigenvalue weighted by molar-refractivity contribution is 0.520. The first kappa shape index (κ1) is 12.8. The van der Waals surface area contributed by atoms with E-state index in [4.69, 9.17) is 23.2 Å². The minimum absolute atomic E-state index is 0.224. The van der Waals surface area contributed by atoms with Gasteiger partial charge in [0.15, 0.2) is 0 Å². The number of hydrogen-bond donors (Lipinski definition) is 1. The minimum atomic E-state index is -0.278. The molecule has 0 heterocycles. The van der Waals surface area contributed by atoms with Gasteiger partial charge in [0.05, 0.1) is 0 Å². The van der Waals surface area contributed by atoms with Crippen LogP contribution in [0.1, 0.15) is 18.9 Å². The van der Waals surface area contributed by atoms with Crippen molar-refractivity contribution in [2.45, 2.75) is 25.9 Å². The zero-order valence-corrected chi connectivity index (χ0v) is 10.1. The molecular weight excluding hydrogens is 236 g/mol. The smallest absolute Gasteiger partial charge is 0.129 e. The summed E-state index contributed by atoms with van der Waals surface area (Å²) in [4.78, 5) is 0. The maximum atomic E-state index is 13.4. The van der Waals surface area contributed by atoms with Crippen LogP contribution in [0.5, 0.6) is 0 Å². The molecule has 84 valence electrons. The molecule has 0 aliphatic rings. The van der Waals surface area contributed by atoms with Gasteiger partial charge in [-0.3, -0.25) is 0 Å². The Balaban J connectivity index is 2.57. The van der Waals surface area contributed by atoms with E-state index >= 15 is 0 Å². The van der Waals surface area contributed by atoms with Gasteiger partial charge in [0.2, 0.25) is 0 Å². The van der Waals surface area contributed by atoms with E-state index in [2.05, 4.69) is 5.32 Å². The Bertz CT molecular complexity index is 313. The highest BCUT2D eigenvalue weighted by molar-refractivity contribution is 6.30. The van der Waals surface area contributed by atoms with Gasteiger partial charge < -0.3 is 5.32 Å². The van der Waals surface area contributed by atoms with Crippen LogP contribution in [-0.2, 0) is 6.54 Å². The molecule has 1 rings (SSSR count). The quantitative estimate of drug-likeness (QED) is 0.787. The van der Waals surface area contributed by atoms with Gasteiger partial charge in [-0.2, -0.15) is 0 Å². The number of benzene rings is 1. The topological polar surface area (TPSA) is 12.0 Å². The number of hydrogen-bond acceptors (Lipinski definition) is 1. The van der Waals surface area contributed by atoms with E-state index in [9.17, 15) is 4.39 Å². The van der Waals surface area contributed by atoms with Crippen molar-refractivity contribution in [1.82, 2.24) is 5.32 Å². The molecule has 0 saturated carbocycles. The minimum Gasteiger partial charge on any atom is -0.309 e. The van der Waals surface area contributed by atoms with Crippen LogP contribution in [0.2, 0.25) is 5.02 Å². The first-order valence-corrected chi connectivity index (χ1v) is 5.82. The highest BCUT2D eigenvalue weighted by Crippen LogP contribution is 2.14. The molecule has 0 aliphatic heterocycles. The lowest BCUT2D eigenvalue weighted by Gasteiger charge is -2.13. The van der Waals surface area contributed by atoms with Crippen LogP contribution in [0.15, 0.2) is 18.2 Å². The molecule has 0 aliphatic carbocycles. The number of alkyl halides is 1. The number of halogens is 3. The summed E-state index contributed by atoms with van der Waals surface area (Å²) in [7, 11) is 0. The van der Waals surface area contributed by atoms with Gasteiger partial charge >= 0.3 is 0 Å². The molecule has 1 N–H and O–H groups in total. The van der Waals surface area contributed by atoms with Crippen LogP contribution in [0.4, 0.5) is 4.39 Å². The maximum absolute atomic E-state index is 13.4. The van der Waals surface area contributed by atoms with Gasteiger partial charge in [0, 0.05) is 29.1 Å². The van der Waals surface area contributed by atoms with E-state index in [0.29, 0.717) is 23.0 Å². The van der Waals surface area contributed by atoms with Crippen molar-refractivity contribution in [2.75, 3.05) is 5.88 Å². The summed E-state index contributed by atoms with van der Waals surface area (Å²) in [6.07, 6.45) is 0.929. The summed E-state index contributed by atoms with van der Waals surface area (Å²) < 4.78 is 13.4. The van der Waals surface area contributed by atoms with Crippen molar-refractivity contribution in [3.8, 4) is 0 Å². The van der Waals surface area contributed by atoms with Gasteiger partial charge in [-0.05, 0) is 18.6 Å². The molecule has 0 aromatic heterocycles. The van der Waals surface area contributed by atoms with Crippen LogP contribution in [-0.4, -0.2) is 11.9 Å². The maximum Gasteiger partial charge on any atom is 0.129 e. The molecule has 1 atom stereocenters. The fraction of sp³-hybridized carbons (Fsp3) is 0.455. The van der Waals surface area contributed by atoms with Gasteiger partial charge in [-0.1, -0.05) is 24.6 Å². The first-order chi connectivity index (χ1) is 7.17. The van der Waals surface area contributed by atoms with Crippen molar-refractivity contribution in [3.05, 3.63) is 34.6 Å². The molecular formula is C11H14Cl2FN. The van der Waals surface area contributed by atoms with Crippen molar-refractivity contribution in [3.63, 3.8) is 0 Å². The summed E-state index contributed by atoms with van der Waals surface area (Å²) >= 11 is 11.4. The number of nitrogens with one attached hydrogen (secondary N) is 1. The van der Waals surface area contributed by atoms with Gasteiger partial charge in [0.1, 0.15) is 5.82 Å². The zero-order valence-electron chi connectivity index (χ0n) is 8.56. The second-order valence-corrected chi connectivity index (χ2v) is 4.12. The summed E-state index contributed by atoms with van der Waals surface area (Å²) in [6, 6.07) is 4.91. The van der Waals surface area contributed by atoms with E-state index in [0.717, 1.165) is 6.42 Å². The Labute approximate surface area is 99.6 Å². The summed E-state index contributed by atoms with van der Waals surface area (Å²) in [5, 5.41) is 3.60. The third-order valence-corrected chi connectivity index (χ3v) is 2.88. The van der Waals surface area contributed by atoms with Crippen LogP contribution in [0, 0.1) is 5.82 Å². The third kappa shape index (κ3) is 3.98. The molecule has 0 radical (unpaired) electrons. The SMILES string of the molecule is CCC(CCl)NCc1ccc(Cl)cc1F. The Hall–Kier alpha value is -0.310. The Kier molecular flexibility index (Phi) is 5.37. The lowest BCUT2D eigenvalue weighted by Crippen LogP contribution is -2.29. The van der Waals surface area contributed by atoms with Crippen LogP contribution >= 0.6 is 23.2 Å². The molecule has 1 aromatic rings. The van der Waals surface area contributed by atoms with E-state index < -0.39 is 0 Å². The van der Waals surface area contributed by atoms with Crippen LogP contribution < -0.4 is 5.32 Å². The standard InChI is InChI=1S/C11H14Cl2FN/c1-2-10(6-12)15-7-8-3-4-9(13)5-11(8)14/h3-5,10,15H,2,6-7H2,1H3. The van der Waals surface area contributed by atoms with Crippen molar-refractivity contribution >= 4 is 23.2 Å². The molecule has 0 bridgehead atoms. The van der Waals surface area contributed by atoms with E-state index in [1.165, 1.54) is 6.07 Å². The first-order valence-electron chi connectivity index (χ1n) is 4.90. The average Bonchev–Trinajstić information content (AvgIpc) is 2.22. The molecule has 1 unspecified atom stereocenters. The highest BCUT2D eigenvalue weighted by atomic mass is 35.5. The van der Waals surface area contributed by atoms with Gasteiger partial charge in [-0.15, -0.1) is 11.6 Å². The molecule has 0 fully saturated rings. The number of rotatable bonds is 5. The van der Waals surface area contributed by atoms with Crippen LogP contribution in [0.25, 0.3) is 0 Å². The van der Waals surface area contributed by atoms with E-state index in [1.807, 2.05) is 6.92 Å². The fourth-order valence-corrected chi connectivity index (χ4v) is 1.71. The summed E-state index contributed by atoms with van der Waals surface area (Å²) in [6.45, 7) is 2.52. The molecule has 0 amide bonds. The predicted molar refractivity (Wildman–Crippen MR) is 63.0 cm³/mol.